The molecule has 0 saturated heterocycles. The van der Waals surface area contributed by atoms with Crippen molar-refractivity contribution in [3.8, 4) is 0 Å². The van der Waals surface area contributed by atoms with E-state index in [0.717, 1.165) is 23.3 Å². The third-order valence-corrected chi connectivity index (χ3v) is 5.53. The van der Waals surface area contributed by atoms with Crippen molar-refractivity contribution in [3.05, 3.63) is 63.6 Å². The summed E-state index contributed by atoms with van der Waals surface area (Å²) in [5, 5.41) is 4.04. The molecule has 0 aliphatic heterocycles. The van der Waals surface area contributed by atoms with E-state index >= 15 is 0 Å². The molecule has 1 saturated carbocycles. The summed E-state index contributed by atoms with van der Waals surface area (Å²) >= 11 is 13.7. The van der Waals surface area contributed by atoms with E-state index in [-0.39, 0.29) is 18.6 Å². The van der Waals surface area contributed by atoms with Crippen molar-refractivity contribution in [1.29, 1.82) is 0 Å². The Hall–Kier alpha value is -1.69. The van der Waals surface area contributed by atoms with Gasteiger partial charge in [-0.05, 0) is 48.7 Å². The predicted molar refractivity (Wildman–Crippen MR) is 104 cm³/mol. The molecule has 2 aromatic carbocycles. The number of hydrogen-bond donors (Lipinski definition) is 1. The molecule has 0 radical (unpaired) electrons. The fraction of sp³-hybridized carbons (Fsp3) is 0.263. The highest BCUT2D eigenvalue weighted by molar-refractivity contribution is 7.98. The smallest absolute Gasteiger partial charge is 0.338 e. The zero-order valence-electron chi connectivity index (χ0n) is 13.8. The summed E-state index contributed by atoms with van der Waals surface area (Å²) in [6.45, 7) is -0.258. The summed E-state index contributed by atoms with van der Waals surface area (Å²) < 4.78 is 5.07. The maximum Gasteiger partial charge on any atom is 0.338 e. The molecule has 136 valence electrons. The lowest BCUT2D eigenvalue weighted by Crippen LogP contribution is -2.30. The molecule has 2 aromatic rings. The first-order chi connectivity index (χ1) is 12.5. The third kappa shape index (κ3) is 5.66. The Labute approximate surface area is 166 Å². The Bertz CT molecular complexity index is 824. The van der Waals surface area contributed by atoms with Gasteiger partial charge in [0.1, 0.15) is 0 Å². The van der Waals surface area contributed by atoms with Gasteiger partial charge in [-0.15, -0.1) is 11.8 Å². The van der Waals surface area contributed by atoms with Gasteiger partial charge in [-0.25, -0.2) is 4.79 Å². The van der Waals surface area contributed by atoms with E-state index in [1.807, 2.05) is 12.1 Å². The maximum atomic E-state index is 12.1. The second-order valence-corrected chi connectivity index (χ2v) is 7.84. The molecule has 1 N–H and O–H groups in total. The van der Waals surface area contributed by atoms with Gasteiger partial charge < -0.3 is 10.1 Å². The lowest BCUT2D eigenvalue weighted by atomic mass is 10.1. The van der Waals surface area contributed by atoms with Crippen molar-refractivity contribution < 1.29 is 14.3 Å². The van der Waals surface area contributed by atoms with E-state index in [0.29, 0.717) is 21.4 Å². The third-order valence-electron chi connectivity index (χ3n) is 3.73. The number of esters is 1. The molecule has 7 heteroatoms. The fourth-order valence-electron chi connectivity index (χ4n) is 2.25. The first-order valence-corrected chi connectivity index (χ1v) is 9.89. The minimum absolute atomic E-state index is 0.250. The zero-order valence-corrected chi connectivity index (χ0v) is 16.2. The van der Waals surface area contributed by atoms with E-state index < -0.39 is 5.97 Å². The highest BCUT2D eigenvalue weighted by Crippen LogP contribution is 2.32. The molecule has 1 aliphatic carbocycles. The summed E-state index contributed by atoms with van der Waals surface area (Å²) in [6, 6.07) is 12.7. The van der Waals surface area contributed by atoms with Crippen molar-refractivity contribution in [2.75, 3.05) is 6.61 Å². The molecular weight excluding hydrogens is 393 g/mol. The van der Waals surface area contributed by atoms with Gasteiger partial charge >= 0.3 is 5.97 Å². The highest BCUT2D eigenvalue weighted by Gasteiger charge is 2.23. The molecule has 1 amide bonds. The predicted octanol–water partition coefficient (Wildman–Crippen LogP) is 4.72. The number of carbonyl (C=O) groups excluding carboxylic acids is 2. The molecule has 0 unspecified atom stereocenters. The summed E-state index contributed by atoms with van der Waals surface area (Å²) in [5.41, 5.74) is 1.36. The number of carbonyl (C=O) groups is 2. The van der Waals surface area contributed by atoms with Gasteiger partial charge in [0, 0.05) is 21.7 Å². The minimum Gasteiger partial charge on any atom is -0.452 e. The number of halogens is 2. The summed E-state index contributed by atoms with van der Waals surface area (Å²) in [6.07, 6.45) is 1.99. The van der Waals surface area contributed by atoms with Crippen LogP contribution in [-0.4, -0.2) is 24.5 Å². The van der Waals surface area contributed by atoms with Crippen LogP contribution in [0.25, 0.3) is 0 Å². The van der Waals surface area contributed by atoms with E-state index in [1.165, 1.54) is 11.8 Å². The minimum atomic E-state index is -0.511. The van der Waals surface area contributed by atoms with Crippen LogP contribution in [0, 0.1) is 0 Å². The first kappa shape index (κ1) is 19.1. The lowest BCUT2D eigenvalue weighted by Gasteiger charge is -2.08. The van der Waals surface area contributed by atoms with Gasteiger partial charge in [-0.1, -0.05) is 35.3 Å². The van der Waals surface area contributed by atoms with Crippen molar-refractivity contribution in [3.63, 3.8) is 0 Å². The molecular formula is C19H17Cl2NO3S. The van der Waals surface area contributed by atoms with Gasteiger partial charge in [0.15, 0.2) is 6.61 Å². The number of nitrogens with one attached hydrogen (secondary N) is 1. The molecule has 3 rings (SSSR count). The standard InChI is InChI=1S/C19H17Cl2NO3S/c20-14-4-7-16(21)17(9-14)26-11-12-2-1-3-13(8-12)19(24)25-10-18(23)22-15-5-6-15/h1-4,7-9,15H,5-6,10-11H2,(H,22,23). The number of ether oxygens (including phenoxy) is 1. The van der Waals surface area contributed by atoms with Gasteiger partial charge in [-0.2, -0.15) is 0 Å². The van der Waals surface area contributed by atoms with Crippen molar-refractivity contribution >= 4 is 46.8 Å². The van der Waals surface area contributed by atoms with Crippen LogP contribution in [0.5, 0.6) is 0 Å². The second-order valence-electron chi connectivity index (χ2n) is 5.98. The van der Waals surface area contributed by atoms with Crippen LogP contribution >= 0.6 is 35.0 Å². The van der Waals surface area contributed by atoms with Crippen LogP contribution in [-0.2, 0) is 15.3 Å². The van der Waals surface area contributed by atoms with Gasteiger partial charge in [0.2, 0.25) is 0 Å². The Balaban J connectivity index is 1.55. The van der Waals surface area contributed by atoms with Gasteiger partial charge in [-0.3, -0.25) is 4.79 Å². The summed E-state index contributed by atoms with van der Waals surface area (Å²) in [4.78, 5) is 24.6. The average molecular weight is 410 g/mol. The van der Waals surface area contributed by atoms with Crippen LogP contribution in [0.4, 0.5) is 0 Å². The van der Waals surface area contributed by atoms with Gasteiger partial charge in [0.25, 0.3) is 5.91 Å². The normalized spacial score (nSPS) is 13.3. The monoisotopic (exact) mass is 409 g/mol. The maximum absolute atomic E-state index is 12.1. The summed E-state index contributed by atoms with van der Waals surface area (Å²) in [5.74, 6) is -0.143. The molecule has 4 nitrogen and oxygen atoms in total. The molecule has 0 heterocycles. The van der Waals surface area contributed by atoms with Crippen molar-refractivity contribution in [1.82, 2.24) is 5.32 Å². The number of amides is 1. The molecule has 0 bridgehead atoms. The SMILES string of the molecule is O=C(COC(=O)c1cccc(CSc2cc(Cl)ccc2Cl)c1)NC1CC1. The Morgan fingerprint density at radius 1 is 1.15 bits per heavy atom. The van der Waals surface area contributed by atoms with E-state index in [4.69, 9.17) is 27.9 Å². The lowest BCUT2D eigenvalue weighted by molar-refractivity contribution is -0.124. The first-order valence-electron chi connectivity index (χ1n) is 8.14. The van der Waals surface area contributed by atoms with Crippen molar-refractivity contribution in [2.45, 2.75) is 29.5 Å². The Kier molecular flexibility index (Phi) is 6.46. The van der Waals surface area contributed by atoms with Crippen LogP contribution in [0.15, 0.2) is 47.4 Å². The number of thioether (sulfide) groups is 1. The van der Waals surface area contributed by atoms with Crippen LogP contribution < -0.4 is 5.32 Å². The zero-order chi connectivity index (χ0) is 18.5. The molecule has 0 atom stereocenters. The van der Waals surface area contributed by atoms with Crippen LogP contribution in [0.3, 0.4) is 0 Å². The second kappa shape index (κ2) is 8.80. The van der Waals surface area contributed by atoms with E-state index in [2.05, 4.69) is 5.32 Å². The van der Waals surface area contributed by atoms with Crippen molar-refractivity contribution in [2.24, 2.45) is 0 Å². The number of hydrogen-bond acceptors (Lipinski definition) is 4. The molecule has 26 heavy (non-hydrogen) atoms. The van der Waals surface area contributed by atoms with Gasteiger partial charge in [0.05, 0.1) is 10.6 Å². The van der Waals surface area contributed by atoms with Crippen LogP contribution in [0.1, 0.15) is 28.8 Å². The fourth-order valence-corrected chi connectivity index (χ4v) is 3.68. The molecule has 1 aliphatic rings. The quantitative estimate of drug-likeness (QED) is 0.530. The average Bonchev–Trinajstić information content (AvgIpc) is 3.44. The van der Waals surface area contributed by atoms with E-state index in [1.54, 1.807) is 30.3 Å². The number of benzene rings is 2. The van der Waals surface area contributed by atoms with E-state index in [9.17, 15) is 9.59 Å². The molecule has 0 spiro atoms. The topological polar surface area (TPSA) is 55.4 Å². The molecule has 1 fully saturated rings. The number of rotatable bonds is 7. The molecule has 0 aromatic heterocycles. The largest absolute Gasteiger partial charge is 0.452 e. The Morgan fingerprint density at radius 3 is 2.73 bits per heavy atom. The Morgan fingerprint density at radius 2 is 1.96 bits per heavy atom. The van der Waals surface area contributed by atoms with Crippen LogP contribution in [0.2, 0.25) is 10.0 Å². The summed E-state index contributed by atoms with van der Waals surface area (Å²) in [7, 11) is 0. The highest BCUT2D eigenvalue weighted by atomic mass is 35.5.